The van der Waals surface area contributed by atoms with Gasteiger partial charge in [0.05, 0.1) is 12.5 Å². The molecular formula is C33H52O4. The maximum atomic E-state index is 13.4. The Bertz CT molecular complexity index is 983. The summed E-state index contributed by atoms with van der Waals surface area (Å²) in [6.45, 7) is 20.7. The summed E-state index contributed by atoms with van der Waals surface area (Å²) >= 11 is 0. The Balaban J connectivity index is 1.52. The number of fused-ring (bicyclic) bond motifs is 7. The van der Waals surface area contributed by atoms with E-state index >= 15 is 0 Å². The van der Waals surface area contributed by atoms with Crippen LogP contribution in [0.3, 0.4) is 0 Å². The van der Waals surface area contributed by atoms with Crippen molar-refractivity contribution in [3.05, 3.63) is 12.2 Å². The molecule has 0 aromatic carbocycles. The van der Waals surface area contributed by atoms with Gasteiger partial charge in [0, 0.05) is 12.3 Å². The number of rotatable bonds is 3. The smallest absolute Gasteiger partial charge is 0.312 e. The van der Waals surface area contributed by atoms with Crippen LogP contribution in [0.1, 0.15) is 113 Å². The Kier molecular flexibility index (Phi) is 6.33. The highest BCUT2D eigenvalue weighted by molar-refractivity contribution is 5.78. The number of ether oxygens (including phenoxy) is 2. The quantitative estimate of drug-likeness (QED) is 0.286. The maximum absolute atomic E-state index is 13.4. The van der Waals surface area contributed by atoms with E-state index in [9.17, 15) is 9.59 Å². The molecule has 0 heterocycles. The van der Waals surface area contributed by atoms with Crippen LogP contribution in [0.25, 0.3) is 0 Å². The van der Waals surface area contributed by atoms with E-state index in [4.69, 9.17) is 9.47 Å². The Morgan fingerprint density at radius 1 is 0.784 bits per heavy atom. The van der Waals surface area contributed by atoms with Crippen LogP contribution in [0, 0.1) is 56.7 Å². The highest BCUT2D eigenvalue weighted by Gasteiger charge is 2.72. The summed E-state index contributed by atoms with van der Waals surface area (Å²) in [6.07, 6.45) is 11.1. The number of methoxy groups -OCH3 is 1. The largest absolute Gasteiger partial charge is 0.469 e. The number of carbonyl (C=O) groups is 2. The molecule has 5 fully saturated rings. The summed E-state index contributed by atoms with van der Waals surface area (Å²) in [5.74, 6) is 2.43. The lowest BCUT2D eigenvalue weighted by Crippen LogP contribution is -2.67. The first-order valence-electron chi connectivity index (χ1n) is 15.1. The van der Waals surface area contributed by atoms with Crippen LogP contribution in [0.5, 0.6) is 0 Å². The molecule has 208 valence electrons. The monoisotopic (exact) mass is 512 g/mol. The minimum Gasteiger partial charge on any atom is -0.469 e. The molecule has 5 saturated carbocycles. The van der Waals surface area contributed by atoms with Crippen molar-refractivity contribution in [2.75, 3.05) is 7.11 Å². The van der Waals surface area contributed by atoms with Crippen LogP contribution < -0.4 is 0 Å². The lowest BCUT2D eigenvalue weighted by Gasteiger charge is -2.72. The van der Waals surface area contributed by atoms with Gasteiger partial charge < -0.3 is 9.47 Å². The second kappa shape index (κ2) is 8.59. The summed E-state index contributed by atoms with van der Waals surface area (Å²) in [5.41, 5.74) is 1.63. The predicted molar refractivity (Wildman–Crippen MR) is 147 cm³/mol. The zero-order valence-electron chi connectivity index (χ0n) is 24.9. The van der Waals surface area contributed by atoms with Crippen molar-refractivity contribution in [2.24, 2.45) is 56.7 Å². The molecule has 0 spiro atoms. The molecule has 0 aliphatic heterocycles. The predicted octanol–water partition coefficient (Wildman–Crippen LogP) is 7.75. The van der Waals surface area contributed by atoms with E-state index in [1.807, 2.05) is 0 Å². The average Bonchev–Trinajstić information content (AvgIpc) is 3.22. The Labute approximate surface area is 225 Å². The molecule has 0 amide bonds. The van der Waals surface area contributed by atoms with E-state index < -0.39 is 0 Å². The van der Waals surface area contributed by atoms with Crippen LogP contribution in [0.4, 0.5) is 0 Å². The summed E-state index contributed by atoms with van der Waals surface area (Å²) in [6, 6.07) is 0. The van der Waals surface area contributed by atoms with E-state index in [0.717, 1.165) is 38.5 Å². The number of esters is 2. The first-order chi connectivity index (χ1) is 17.2. The van der Waals surface area contributed by atoms with Gasteiger partial charge in [-0.05, 0) is 117 Å². The standard InChI is InChI=1S/C33H52O4/c1-20(2)22-12-17-33(28(35)36-9)19-18-31(7)23(27(22)33)10-11-25-30(6)15-14-26(37-21(3)34)29(4,5)24(30)13-16-32(25,31)8/h22-27H,1,10-19H2,2-9H3/t22-,23-,24-,25+,26+,27-,30+,31-,32+,33-/m1/s1. The van der Waals surface area contributed by atoms with Gasteiger partial charge in [-0.15, -0.1) is 0 Å². The molecule has 0 aromatic rings. The fraction of sp³-hybridized carbons (Fsp3) is 0.879. The first kappa shape index (κ1) is 27.3. The van der Waals surface area contributed by atoms with Crippen molar-refractivity contribution in [1.29, 1.82) is 0 Å². The van der Waals surface area contributed by atoms with E-state index in [1.165, 1.54) is 31.3 Å². The van der Waals surface area contributed by atoms with Gasteiger partial charge in [0.2, 0.25) is 0 Å². The third-order valence-corrected chi connectivity index (χ3v) is 13.9. The van der Waals surface area contributed by atoms with Crippen molar-refractivity contribution in [1.82, 2.24) is 0 Å². The molecule has 5 rings (SSSR count). The first-order valence-corrected chi connectivity index (χ1v) is 15.1. The van der Waals surface area contributed by atoms with Gasteiger partial charge in [0.1, 0.15) is 6.10 Å². The van der Waals surface area contributed by atoms with Gasteiger partial charge in [0.25, 0.3) is 0 Å². The number of carbonyl (C=O) groups excluding carboxylic acids is 2. The lowest BCUT2D eigenvalue weighted by molar-refractivity contribution is -0.250. The molecule has 0 bridgehead atoms. The third-order valence-electron chi connectivity index (χ3n) is 13.9. The van der Waals surface area contributed by atoms with Gasteiger partial charge in [-0.2, -0.15) is 0 Å². The zero-order valence-corrected chi connectivity index (χ0v) is 24.9. The molecule has 0 radical (unpaired) electrons. The van der Waals surface area contributed by atoms with E-state index in [1.54, 1.807) is 14.0 Å². The van der Waals surface area contributed by atoms with Gasteiger partial charge in [-0.3, -0.25) is 9.59 Å². The topological polar surface area (TPSA) is 52.6 Å². The van der Waals surface area contributed by atoms with Crippen LogP contribution in [-0.4, -0.2) is 25.2 Å². The molecule has 0 aromatic heterocycles. The molecule has 4 heteroatoms. The molecule has 37 heavy (non-hydrogen) atoms. The Morgan fingerprint density at radius 2 is 1.49 bits per heavy atom. The fourth-order valence-electron chi connectivity index (χ4n) is 12.1. The molecule has 5 aliphatic carbocycles. The normalized spacial score (nSPS) is 50.1. The SMILES string of the molecule is C=C(C)[C@H]1CC[C@@]2(C(=O)OC)CC[C@]3(C)[C@H](CC[C@H]4[C@@]5(C)CC[C@H](OC(C)=O)C(C)(C)[C@H]5CC[C@@]43C)[C@@H]12. The molecular weight excluding hydrogens is 460 g/mol. The number of allylic oxidation sites excluding steroid dienone is 1. The number of hydrogen-bond donors (Lipinski definition) is 0. The maximum Gasteiger partial charge on any atom is 0.312 e. The van der Waals surface area contributed by atoms with Crippen molar-refractivity contribution in [2.45, 2.75) is 119 Å². The zero-order chi connectivity index (χ0) is 27.2. The second-order valence-corrected chi connectivity index (χ2v) is 15.3. The molecule has 10 atom stereocenters. The molecule has 5 aliphatic rings. The van der Waals surface area contributed by atoms with E-state index in [0.29, 0.717) is 29.6 Å². The lowest BCUT2D eigenvalue weighted by atomic mass is 9.32. The summed E-state index contributed by atoms with van der Waals surface area (Å²) in [4.78, 5) is 25.3. The molecule has 0 N–H and O–H groups in total. The van der Waals surface area contributed by atoms with Gasteiger partial charge in [-0.1, -0.05) is 46.8 Å². The minimum absolute atomic E-state index is 0.0130. The fourth-order valence-corrected chi connectivity index (χ4v) is 12.1. The second-order valence-electron chi connectivity index (χ2n) is 15.3. The third kappa shape index (κ3) is 3.45. The average molecular weight is 513 g/mol. The van der Waals surface area contributed by atoms with Crippen LogP contribution in [-0.2, 0) is 19.1 Å². The van der Waals surface area contributed by atoms with Gasteiger partial charge in [0.15, 0.2) is 0 Å². The van der Waals surface area contributed by atoms with E-state index in [-0.39, 0.29) is 45.1 Å². The molecule has 4 nitrogen and oxygen atoms in total. The Morgan fingerprint density at radius 3 is 2.11 bits per heavy atom. The highest BCUT2D eigenvalue weighted by Crippen LogP contribution is 2.77. The van der Waals surface area contributed by atoms with Crippen molar-refractivity contribution >= 4 is 11.9 Å². The van der Waals surface area contributed by atoms with Crippen molar-refractivity contribution < 1.29 is 19.1 Å². The molecule has 0 saturated heterocycles. The van der Waals surface area contributed by atoms with E-state index in [2.05, 4.69) is 48.1 Å². The highest BCUT2D eigenvalue weighted by atomic mass is 16.5. The van der Waals surface area contributed by atoms with Crippen LogP contribution >= 0.6 is 0 Å². The summed E-state index contributed by atoms with van der Waals surface area (Å²) in [7, 11) is 1.59. The van der Waals surface area contributed by atoms with Crippen LogP contribution in [0.15, 0.2) is 12.2 Å². The van der Waals surface area contributed by atoms with Crippen molar-refractivity contribution in [3.8, 4) is 0 Å². The summed E-state index contributed by atoms with van der Waals surface area (Å²) < 4.78 is 11.4. The molecule has 0 unspecified atom stereocenters. The van der Waals surface area contributed by atoms with Crippen molar-refractivity contribution in [3.63, 3.8) is 0 Å². The number of hydrogen-bond acceptors (Lipinski definition) is 4. The Hall–Kier alpha value is -1.32. The minimum atomic E-state index is -0.322. The van der Waals surface area contributed by atoms with Gasteiger partial charge >= 0.3 is 11.9 Å². The van der Waals surface area contributed by atoms with Crippen LogP contribution in [0.2, 0.25) is 0 Å². The van der Waals surface area contributed by atoms with Gasteiger partial charge in [-0.25, -0.2) is 0 Å². The summed E-state index contributed by atoms with van der Waals surface area (Å²) in [5, 5.41) is 0.